The third-order valence-corrected chi connectivity index (χ3v) is 6.19. The van der Waals surface area contributed by atoms with E-state index in [1.807, 2.05) is 6.92 Å². The van der Waals surface area contributed by atoms with Crippen molar-refractivity contribution in [1.29, 1.82) is 0 Å². The van der Waals surface area contributed by atoms with Crippen molar-refractivity contribution < 1.29 is 14.3 Å². The van der Waals surface area contributed by atoms with Crippen molar-refractivity contribution in [3.63, 3.8) is 0 Å². The van der Waals surface area contributed by atoms with Crippen LogP contribution in [0, 0.1) is 23.2 Å². The minimum Gasteiger partial charge on any atom is -0.449 e. The first-order valence-corrected chi connectivity index (χ1v) is 9.79. The summed E-state index contributed by atoms with van der Waals surface area (Å²) < 4.78 is 11.8. The van der Waals surface area contributed by atoms with Crippen LogP contribution in [0.1, 0.15) is 53.9 Å². The van der Waals surface area contributed by atoms with Crippen molar-refractivity contribution >= 4 is 6.09 Å². The van der Waals surface area contributed by atoms with E-state index >= 15 is 0 Å². The number of unbranched alkanes of at least 4 members (excludes halogenated alkanes) is 2. The molecule has 4 nitrogen and oxygen atoms in total. The molecule has 0 saturated carbocycles. The molecule has 0 radical (unpaired) electrons. The van der Waals surface area contributed by atoms with Crippen LogP contribution in [0.2, 0.25) is 0 Å². The summed E-state index contributed by atoms with van der Waals surface area (Å²) in [4.78, 5) is 12.1. The minimum absolute atomic E-state index is 0.125. The lowest BCUT2D eigenvalue weighted by atomic mass is 9.56. The number of alkyl carbamates (subject to hydrolysis) is 1. The molecule has 1 aliphatic heterocycles. The first-order valence-electron chi connectivity index (χ1n) is 9.79. The van der Waals surface area contributed by atoms with Gasteiger partial charge in [0.25, 0.3) is 0 Å². The maximum atomic E-state index is 12.1. The molecule has 1 aliphatic carbocycles. The Morgan fingerprint density at radius 1 is 1.44 bits per heavy atom. The number of carbonyl (C=O) groups is 1. The Balaban J connectivity index is 2.02. The highest BCUT2D eigenvalue weighted by molar-refractivity contribution is 5.67. The highest BCUT2D eigenvalue weighted by Gasteiger charge is 2.53. The largest absolute Gasteiger partial charge is 0.449 e. The topological polar surface area (TPSA) is 47.6 Å². The van der Waals surface area contributed by atoms with Crippen molar-refractivity contribution in [1.82, 2.24) is 5.32 Å². The van der Waals surface area contributed by atoms with Crippen LogP contribution in [-0.2, 0) is 9.47 Å². The SMILES string of the molecule is C/C=C/C1OCC2(COC(=O)NCCCCC)C(C)C=C(C)C1[C@@H]2C. The average Bonchev–Trinajstić information content (AvgIpc) is 2.57. The van der Waals surface area contributed by atoms with E-state index in [9.17, 15) is 4.79 Å². The van der Waals surface area contributed by atoms with Crippen LogP contribution in [-0.4, -0.2) is 32.0 Å². The number of nitrogens with one attached hydrogen (secondary N) is 1. The Morgan fingerprint density at radius 3 is 2.88 bits per heavy atom. The number of hydrogen-bond donors (Lipinski definition) is 1. The van der Waals surface area contributed by atoms with E-state index in [-0.39, 0.29) is 17.6 Å². The van der Waals surface area contributed by atoms with Gasteiger partial charge in [-0.15, -0.1) is 0 Å². The highest BCUT2D eigenvalue weighted by Crippen LogP contribution is 2.52. The van der Waals surface area contributed by atoms with Gasteiger partial charge in [-0.05, 0) is 32.1 Å². The number of allylic oxidation sites excluding steroid dienone is 2. The first-order chi connectivity index (χ1) is 12.0. The third-order valence-electron chi connectivity index (χ3n) is 6.19. The summed E-state index contributed by atoms with van der Waals surface area (Å²) in [5.41, 5.74) is 1.26. The summed E-state index contributed by atoms with van der Waals surface area (Å²) >= 11 is 0. The second-order valence-electron chi connectivity index (χ2n) is 7.76. The Morgan fingerprint density at radius 2 is 2.20 bits per heavy atom. The van der Waals surface area contributed by atoms with Crippen LogP contribution in [0.3, 0.4) is 0 Å². The second kappa shape index (κ2) is 8.88. The zero-order valence-electron chi connectivity index (χ0n) is 16.5. The highest BCUT2D eigenvalue weighted by atomic mass is 16.6. The molecule has 2 aliphatic rings. The predicted molar refractivity (Wildman–Crippen MR) is 101 cm³/mol. The average molecular weight is 350 g/mol. The Kier molecular flexibility index (Phi) is 7.12. The number of amides is 1. The molecule has 1 saturated heterocycles. The molecule has 4 heteroatoms. The van der Waals surface area contributed by atoms with Gasteiger partial charge in [0.05, 0.1) is 12.7 Å². The van der Waals surface area contributed by atoms with E-state index in [1.165, 1.54) is 5.57 Å². The maximum Gasteiger partial charge on any atom is 0.407 e. The van der Waals surface area contributed by atoms with Gasteiger partial charge in [0.15, 0.2) is 0 Å². The van der Waals surface area contributed by atoms with E-state index < -0.39 is 0 Å². The van der Waals surface area contributed by atoms with Crippen molar-refractivity contribution in [3.8, 4) is 0 Å². The van der Waals surface area contributed by atoms with Crippen molar-refractivity contribution in [2.45, 2.75) is 60.0 Å². The summed E-state index contributed by atoms with van der Waals surface area (Å²) in [6, 6.07) is 0. The molecular weight excluding hydrogens is 314 g/mol. The minimum atomic E-state index is -0.303. The molecule has 142 valence electrons. The molecule has 4 unspecified atom stereocenters. The normalized spacial score (nSPS) is 34.7. The number of ether oxygens (including phenoxy) is 2. The van der Waals surface area contributed by atoms with Gasteiger partial charge >= 0.3 is 6.09 Å². The van der Waals surface area contributed by atoms with E-state index in [0.717, 1.165) is 19.3 Å². The zero-order chi connectivity index (χ0) is 18.4. The predicted octanol–water partition coefficient (Wildman–Crippen LogP) is 4.71. The molecule has 0 spiro atoms. The molecule has 1 amide bonds. The molecule has 1 N–H and O–H groups in total. The third kappa shape index (κ3) is 4.28. The van der Waals surface area contributed by atoms with E-state index in [1.54, 1.807) is 0 Å². The number of hydrogen-bond acceptors (Lipinski definition) is 3. The lowest BCUT2D eigenvalue weighted by Crippen LogP contribution is -2.56. The molecule has 2 rings (SSSR count). The van der Waals surface area contributed by atoms with Crippen LogP contribution < -0.4 is 5.32 Å². The van der Waals surface area contributed by atoms with Crippen molar-refractivity contribution in [3.05, 3.63) is 23.8 Å². The molecule has 1 heterocycles. The van der Waals surface area contributed by atoms with Gasteiger partial charge in [-0.1, -0.05) is 57.4 Å². The summed E-state index contributed by atoms with van der Waals surface area (Å²) in [6.07, 6.45) is 9.67. The smallest absolute Gasteiger partial charge is 0.407 e. The van der Waals surface area contributed by atoms with Crippen LogP contribution in [0.4, 0.5) is 4.79 Å². The Hall–Kier alpha value is -1.29. The second-order valence-corrected chi connectivity index (χ2v) is 7.76. The van der Waals surface area contributed by atoms with Gasteiger partial charge in [-0.25, -0.2) is 4.79 Å². The molecular formula is C21H35NO3. The lowest BCUT2D eigenvalue weighted by molar-refractivity contribution is -0.149. The van der Waals surface area contributed by atoms with Crippen molar-refractivity contribution in [2.24, 2.45) is 23.2 Å². The van der Waals surface area contributed by atoms with Crippen LogP contribution in [0.15, 0.2) is 23.8 Å². The van der Waals surface area contributed by atoms with E-state index in [0.29, 0.717) is 37.5 Å². The Labute approximate surface area is 153 Å². The fourth-order valence-electron chi connectivity index (χ4n) is 4.49. The Bertz CT molecular complexity index is 513. The number of fused-ring (bicyclic) bond motifs is 2. The van der Waals surface area contributed by atoms with Gasteiger partial charge in [-0.3, -0.25) is 0 Å². The van der Waals surface area contributed by atoms with Gasteiger partial charge < -0.3 is 14.8 Å². The fraction of sp³-hybridized carbons (Fsp3) is 0.762. The molecule has 1 fully saturated rings. The van der Waals surface area contributed by atoms with Crippen LogP contribution in [0.5, 0.6) is 0 Å². The monoisotopic (exact) mass is 349 g/mol. The lowest BCUT2D eigenvalue weighted by Gasteiger charge is -2.54. The molecule has 0 aromatic carbocycles. The summed E-state index contributed by atoms with van der Waals surface area (Å²) in [5, 5.41) is 2.87. The molecule has 25 heavy (non-hydrogen) atoms. The van der Waals surface area contributed by atoms with Crippen LogP contribution >= 0.6 is 0 Å². The van der Waals surface area contributed by atoms with E-state index in [2.05, 4.69) is 51.2 Å². The summed E-state index contributed by atoms with van der Waals surface area (Å²) in [5.74, 6) is 1.10. The molecule has 5 atom stereocenters. The van der Waals surface area contributed by atoms with Gasteiger partial charge in [0, 0.05) is 17.9 Å². The van der Waals surface area contributed by atoms with Crippen molar-refractivity contribution in [2.75, 3.05) is 19.8 Å². The zero-order valence-corrected chi connectivity index (χ0v) is 16.5. The number of rotatable bonds is 7. The standard InChI is InChI=1S/C21H35NO3/c1-6-8-9-11-22-20(23)25-14-21-13-24-18(10-7-2)19(17(21)5)15(3)12-16(21)4/h7,10,12,16-19H,6,8-9,11,13-14H2,1-5H3,(H,22,23)/b10-7+/t16?,17-,18?,19?,21?/m0/s1. The van der Waals surface area contributed by atoms with Crippen LogP contribution in [0.25, 0.3) is 0 Å². The van der Waals surface area contributed by atoms with Gasteiger partial charge in [-0.2, -0.15) is 0 Å². The van der Waals surface area contributed by atoms with E-state index in [4.69, 9.17) is 9.47 Å². The number of carbonyl (C=O) groups excluding carboxylic acids is 1. The molecule has 0 aromatic rings. The molecule has 0 aromatic heterocycles. The summed E-state index contributed by atoms with van der Waals surface area (Å²) in [7, 11) is 0. The van der Waals surface area contributed by atoms with Gasteiger partial charge in [0.2, 0.25) is 0 Å². The first kappa shape index (κ1) is 20.0. The summed E-state index contributed by atoms with van der Waals surface area (Å²) in [6.45, 7) is 12.6. The maximum absolute atomic E-state index is 12.1. The quantitative estimate of drug-likeness (QED) is 0.535. The fourth-order valence-corrected chi connectivity index (χ4v) is 4.49. The molecule has 2 bridgehead atoms. The van der Waals surface area contributed by atoms with Gasteiger partial charge in [0.1, 0.15) is 6.61 Å².